The lowest BCUT2D eigenvalue weighted by atomic mass is 9.96. The van der Waals surface area contributed by atoms with Crippen molar-refractivity contribution in [2.75, 3.05) is 5.32 Å². The Balaban J connectivity index is 1.94. The molecule has 0 aliphatic rings. The zero-order valence-corrected chi connectivity index (χ0v) is 15.3. The molecular formula is C19H23ClN2S. The third-order valence-electron chi connectivity index (χ3n) is 4.07. The predicted octanol–water partition coefficient (Wildman–Crippen LogP) is 5.90. The standard InChI is InChI=1S/C19H23ClN2S/c1-4-13(2)15-5-7-16(8-6-15)14(3)21-19(23)22-18-11-9-17(20)10-12-18/h5-14H,4H2,1-3H3,(H2,21,22,23). The van der Waals surface area contributed by atoms with Gasteiger partial charge < -0.3 is 10.6 Å². The van der Waals surface area contributed by atoms with Gasteiger partial charge in [-0.15, -0.1) is 0 Å². The van der Waals surface area contributed by atoms with E-state index in [0.717, 1.165) is 12.1 Å². The highest BCUT2D eigenvalue weighted by atomic mass is 35.5. The Morgan fingerprint density at radius 2 is 1.57 bits per heavy atom. The molecule has 23 heavy (non-hydrogen) atoms. The second kappa shape index (κ2) is 8.32. The van der Waals surface area contributed by atoms with Crippen LogP contribution in [0.3, 0.4) is 0 Å². The van der Waals surface area contributed by atoms with Gasteiger partial charge in [-0.2, -0.15) is 0 Å². The molecule has 4 heteroatoms. The van der Waals surface area contributed by atoms with Gasteiger partial charge in [-0.25, -0.2) is 0 Å². The zero-order chi connectivity index (χ0) is 16.8. The van der Waals surface area contributed by atoms with Crippen molar-refractivity contribution in [3.8, 4) is 0 Å². The van der Waals surface area contributed by atoms with Crippen molar-refractivity contribution in [1.29, 1.82) is 0 Å². The molecule has 0 aliphatic heterocycles. The van der Waals surface area contributed by atoms with Crippen LogP contribution in [-0.4, -0.2) is 5.11 Å². The van der Waals surface area contributed by atoms with Crippen LogP contribution in [0.15, 0.2) is 48.5 Å². The molecule has 0 aliphatic carbocycles. The van der Waals surface area contributed by atoms with E-state index >= 15 is 0 Å². The zero-order valence-electron chi connectivity index (χ0n) is 13.8. The average Bonchev–Trinajstić information content (AvgIpc) is 2.56. The van der Waals surface area contributed by atoms with E-state index in [-0.39, 0.29) is 6.04 Å². The minimum Gasteiger partial charge on any atom is -0.356 e. The van der Waals surface area contributed by atoms with Crippen LogP contribution in [-0.2, 0) is 0 Å². The van der Waals surface area contributed by atoms with Gasteiger partial charge in [-0.05, 0) is 66.9 Å². The minimum atomic E-state index is 0.147. The van der Waals surface area contributed by atoms with Gasteiger partial charge in [0.2, 0.25) is 0 Å². The molecule has 2 rings (SSSR count). The van der Waals surface area contributed by atoms with Crippen molar-refractivity contribution in [2.45, 2.75) is 39.2 Å². The lowest BCUT2D eigenvalue weighted by molar-refractivity contribution is 0.713. The summed E-state index contributed by atoms with van der Waals surface area (Å²) in [6.45, 7) is 6.57. The molecule has 2 unspecified atom stereocenters. The van der Waals surface area contributed by atoms with E-state index in [2.05, 4.69) is 55.7 Å². The van der Waals surface area contributed by atoms with E-state index in [1.165, 1.54) is 11.1 Å². The lowest BCUT2D eigenvalue weighted by Gasteiger charge is -2.18. The van der Waals surface area contributed by atoms with Crippen molar-refractivity contribution in [1.82, 2.24) is 5.32 Å². The van der Waals surface area contributed by atoms with Crippen molar-refractivity contribution in [3.63, 3.8) is 0 Å². The summed E-state index contributed by atoms with van der Waals surface area (Å²) < 4.78 is 0. The Labute approximate surface area is 149 Å². The largest absolute Gasteiger partial charge is 0.356 e. The second-order valence-electron chi connectivity index (χ2n) is 5.80. The minimum absolute atomic E-state index is 0.147. The van der Waals surface area contributed by atoms with Crippen LogP contribution >= 0.6 is 23.8 Å². The van der Waals surface area contributed by atoms with E-state index in [4.69, 9.17) is 23.8 Å². The third-order valence-corrected chi connectivity index (χ3v) is 4.54. The average molecular weight is 347 g/mol. The Hall–Kier alpha value is -1.58. The summed E-state index contributed by atoms with van der Waals surface area (Å²) in [5, 5.41) is 7.79. The Morgan fingerprint density at radius 1 is 1.00 bits per heavy atom. The smallest absolute Gasteiger partial charge is 0.171 e. The Bertz CT molecular complexity index is 637. The van der Waals surface area contributed by atoms with Gasteiger partial charge in [-0.3, -0.25) is 0 Å². The molecule has 122 valence electrons. The molecule has 2 N–H and O–H groups in total. The van der Waals surface area contributed by atoms with E-state index in [1.54, 1.807) is 0 Å². The maximum Gasteiger partial charge on any atom is 0.171 e. The van der Waals surface area contributed by atoms with Crippen molar-refractivity contribution in [2.24, 2.45) is 0 Å². The predicted molar refractivity (Wildman–Crippen MR) is 104 cm³/mol. The summed E-state index contributed by atoms with van der Waals surface area (Å²) in [6, 6.07) is 16.4. The number of hydrogen-bond acceptors (Lipinski definition) is 1. The quantitative estimate of drug-likeness (QED) is 0.659. The monoisotopic (exact) mass is 346 g/mol. The van der Waals surface area contributed by atoms with E-state index in [9.17, 15) is 0 Å². The van der Waals surface area contributed by atoms with Crippen LogP contribution in [0.2, 0.25) is 5.02 Å². The number of thiocarbonyl (C=S) groups is 1. The summed E-state index contributed by atoms with van der Waals surface area (Å²) in [6.07, 6.45) is 1.16. The van der Waals surface area contributed by atoms with Crippen LogP contribution in [0.4, 0.5) is 5.69 Å². The molecule has 0 bridgehead atoms. The van der Waals surface area contributed by atoms with Crippen LogP contribution in [0.25, 0.3) is 0 Å². The molecule has 0 radical (unpaired) electrons. The number of halogens is 1. The first-order chi connectivity index (χ1) is 11.0. The molecule has 0 saturated carbocycles. The summed E-state index contributed by atoms with van der Waals surface area (Å²) in [5.41, 5.74) is 3.52. The molecule has 0 fully saturated rings. The fourth-order valence-electron chi connectivity index (χ4n) is 2.33. The van der Waals surface area contributed by atoms with Gasteiger partial charge in [0.15, 0.2) is 5.11 Å². The third kappa shape index (κ3) is 5.22. The first-order valence-corrected chi connectivity index (χ1v) is 8.71. The SMILES string of the molecule is CCC(C)c1ccc(C(C)NC(=S)Nc2ccc(Cl)cc2)cc1. The first-order valence-electron chi connectivity index (χ1n) is 7.92. The maximum atomic E-state index is 5.88. The van der Waals surface area contributed by atoms with Crippen LogP contribution in [0, 0.1) is 0 Å². The molecular weight excluding hydrogens is 324 g/mol. The topological polar surface area (TPSA) is 24.1 Å². The van der Waals surface area contributed by atoms with Crippen molar-refractivity contribution < 1.29 is 0 Å². The second-order valence-corrected chi connectivity index (χ2v) is 6.65. The maximum absolute atomic E-state index is 5.88. The van der Waals surface area contributed by atoms with Crippen molar-refractivity contribution in [3.05, 3.63) is 64.7 Å². The molecule has 2 aromatic rings. The van der Waals surface area contributed by atoms with Gasteiger partial charge in [-0.1, -0.05) is 49.7 Å². The Kier molecular flexibility index (Phi) is 6.43. The van der Waals surface area contributed by atoms with Crippen LogP contribution in [0.1, 0.15) is 50.3 Å². The summed E-state index contributed by atoms with van der Waals surface area (Å²) in [4.78, 5) is 0. The number of rotatable bonds is 5. The van der Waals surface area contributed by atoms with Crippen LogP contribution < -0.4 is 10.6 Å². The number of hydrogen-bond donors (Lipinski definition) is 2. The molecule has 0 aromatic heterocycles. The molecule has 2 nitrogen and oxygen atoms in total. The molecule has 0 saturated heterocycles. The summed E-state index contributed by atoms with van der Waals surface area (Å²) in [7, 11) is 0. The first kappa shape index (κ1) is 17.8. The normalized spacial score (nSPS) is 13.2. The number of nitrogens with one attached hydrogen (secondary N) is 2. The van der Waals surface area contributed by atoms with Gasteiger partial charge in [0.1, 0.15) is 0 Å². The summed E-state index contributed by atoms with van der Waals surface area (Å²) in [5.74, 6) is 0.597. The van der Waals surface area contributed by atoms with Gasteiger partial charge in [0.05, 0.1) is 6.04 Å². The van der Waals surface area contributed by atoms with Gasteiger partial charge in [0, 0.05) is 10.7 Å². The van der Waals surface area contributed by atoms with Gasteiger partial charge in [0.25, 0.3) is 0 Å². The number of benzene rings is 2. The highest BCUT2D eigenvalue weighted by Gasteiger charge is 2.09. The molecule has 2 atom stereocenters. The molecule has 0 amide bonds. The highest BCUT2D eigenvalue weighted by molar-refractivity contribution is 7.80. The highest BCUT2D eigenvalue weighted by Crippen LogP contribution is 2.21. The fourth-order valence-corrected chi connectivity index (χ4v) is 2.75. The molecule has 2 aromatic carbocycles. The molecule has 0 heterocycles. The van der Waals surface area contributed by atoms with Crippen LogP contribution in [0.5, 0.6) is 0 Å². The Morgan fingerprint density at radius 3 is 2.13 bits per heavy atom. The fraction of sp³-hybridized carbons (Fsp3) is 0.316. The van der Waals surface area contributed by atoms with E-state index in [0.29, 0.717) is 16.1 Å². The van der Waals surface area contributed by atoms with E-state index in [1.807, 2.05) is 24.3 Å². The number of anilines is 1. The van der Waals surface area contributed by atoms with Crippen molar-refractivity contribution >= 4 is 34.6 Å². The molecule has 0 spiro atoms. The van der Waals surface area contributed by atoms with Gasteiger partial charge >= 0.3 is 0 Å². The summed E-state index contributed by atoms with van der Waals surface area (Å²) >= 11 is 11.3. The van der Waals surface area contributed by atoms with E-state index < -0.39 is 0 Å². The lowest BCUT2D eigenvalue weighted by Crippen LogP contribution is -2.30.